The second kappa shape index (κ2) is 5.67. The van der Waals surface area contributed by atoms with E-state index in [2.05, 4.69) is 6.92 Å². The monoisotopic (exact) mass is 228 g/mol. The van der Waals surface area contributed by atoms with Gasteiger partial charge in [-0.25, -0.2) is 0 Å². The van der Waals surface area contributed by atoms with E-state index in [4.69, 9.17) is 9.47 Å². The zero-order valence-corrected chi connectivity index (χ0v) is 10.9. The summed E-state index contributed by atoms with van der Waals surface area (Å²) >= 11 is 0. The van der Waals surface area contributed by atoms with E-state index in [0.717, 1.165) is 12.8 Å². The first-order valence-corrected chi connectivity index (χ1v) is 6.32. The molecule has 0 aromatic carbocycles. The highest BCUT2D eigenvalue weighted by Gasteiger charge is 2.53. The summed E-state index contributed by atoms with van der Waals surface area (Å²) < 4.78 is 10.9. The van der Waals surface area contributed by atoms with Crippen LogP contribution in [0.25, 0.3) is 0 Å². The lowest BCUT2D eigenvalue weighted by atomic mass is 10.0. The van der Waals surface area contributed by atoms with Crippen LogP contribution in [-0.4, -0.2) is 23.8 Å². The van der Waals surface area contributed by atoms with E-state index in [9.17, 15) is 4.79 Å². The average Bonchev–Trinajstić information content (AvgIpc) is 2.80. The van der Waals surface area contributed by atoms with Gasteiger partial charge in [0.15, 0.2) is 0 Å². The number of rotatable bonds is 7. The predicted molar refractivity (Wildman–Crippen MR) is 63.3 cm³/mol. The summed E-state index contributed by atoms with van der Waals surface area (Å²) in [5, 5.41) is 0. The van der Waals surface area contributed by atoms with Gasteiger partial charge >= 0.3 is 5.97 Å². The Hall–Kier alpha value is -0.570. The van der Waals surface area contributed by atoms with E-state index >= 15 is 0 Å². The predicted octanol–water partition coefficient (Wildman–Crippen LogP) is 3.07. The summed E-state index contributed by atoms with van der Waals surface area (Å²) in [7, 11) is 0. The van der Waals surface area contributed by atoms with Crippen LogP contribution in [0.1, 0.15) is 59.8 Å². The van der Waals surface area contributed by atoms with Crippen molar-refractivity contribution in [2.24, 2.45) is 0 Å². The number of hydrogen-bond donors (Lipinski definition) is 0. The summed E-state index contributed by atoms with van der Waals surface area (Å²) in [6, 6.07) is 0. The van der Waals surface area contributed by atoms with Gasteiger partial charge < -0.3 is 9.47 Å². The Morgan fingerprint density at radius 2 is 2.00 bits per heavy atom. The van der Waals surface area contributed by atoms with Crippen LogP contribution in [0.5, 0.6) is 0 Å². The maximum atomic E-state index is 11.0. The third kappa shape index (κ3) is 4.12. The highest BCUT2D eigenvalue weighted by Crippen LogP contribution is 2.40. The lowest BCUT2D eigenvalue weighted by Gasteiger charge is -2.15. The molecule has 3 nitrogen and oxygen atoms in total. The van der Waals surface area contributed by atoms with Gasteiger partial charge in [-0.15, -0.1) is 0 Å². The minimum Gasteiger partial charge on any atom is -0.460 e. The fourth-order valence-corrected chi connectivity index (χ4v) is 2.07. The summed E-state index contributed by atoms with van der Waals surface area (Å²) in [5.41, 5.74) is -0.106. The van der Waals surface area contributed by atoms with Gasteiger partial charge in [-0.05, 0) is 26.7 Å². The standard InChI is InChI=1S/C13H24O3/c1-5-6-7-8-9-11(15-10(2)14)12-13(3,4)16-12/h11-12H,5-9H2,1-4H3/t11-,12+/m1/s1. The minimum atomic E-state index is -0.202. The minimum absolute atomic E-state index is 0.0515. The van der Waals surface area contributed by atoms with Crippen molar-refractivity contribution < 1.29 is 14.3 Å². The van der Waals surface area contributed by atoms with Crippen LogP contribution in [0.4, 0.5) is 0 Å². The Balaban J connectivity index is 2.31. The van der Waals surface area contributed by atoms with Crippen molar-refractivity contribution in [1.82, 2.24) is 0 Å². The van der Waals surface area contributed by atoms with Gasteiger partial charge in [0.1, 0.15) is 12.2 Å². The molecule has 0 aromatic rings. The summed E-state index contributed by atoms with van der Waals surface area (Å²) in [6.45, 7) is 7.74. The van der Waals surface area contributed by atoms with Crippen molar-refractivity contribution in [3.63, 3.8) is 0 Å². The van der Waals surface area contributed by atoms with E-state index in [-0.39, 0.29) is 23.8 Å². The Bertz CT molecular complexity index is 235. The number of carbonyl (C=O) groups is 1. The molecule has 1 rings (SSSR count). The third-order valence-corrected chi connectivity index (χ3v) is 3.06. The largest absolute Gasteiger partial charge is 0.460 e. The summed E-state index contributed by atoms with van der Waals surface area (Å²) in [5.74, 6) is -0.202. The van der Waals surface area contributed by atoms with Crippen molar-refractivity contribution in [2.75, 3.05) is 0 Å². The Morgan fingerprint density at radius 3 is 2.44 bits per heavy atom. The molecule has 0 spiro atoms. The molecule has 1 aliphatic rings. The van der Waals surface area contributed by atoms with Gasteiger partial charge in [0.25, 0.3) is 0 Å². The Morgan fingerprint density at radius 1 is 1.38 bits per heavy atom. The molecule has 0 aliphatic carbocycles. The first-order valence-electron chi connectivity index (χ1n) is 6.32. The third-order valence-electron chi connectivity index (χ3n) is 3.06. The van der Waals surface area contributed by atoms with Crippen LogP contribution in [-0.2, 0) is 14.3 Å². The van der Waals surface area contributed by atoms with Crippen molar-refractivity contribution in [3.05, 3.63) is 0 Å². The van der Waals surface area contributed by atoms with Crippen molar-refractivity contribution in [3.8, 4) is 0 Å². The number of esters is 1. The van der Waals surface area contributed by atoms with Gasteiger partial charge in [-0.3, -0.25) is 4.79 Å². The molecule has 0 unspecified atom stereocenters. The second-order valence-corrected chi connectivity index (χ2v) is 5.14. The molecule has 1 saturated heterocycles. The van der Waals surface area contributed by atoms with Gasteiger partial charge in [0.05, 0.1) is 5.60 Å². The molecule has 0 saturated carbocycles. The number of ether oxygens (including phenoxy) is 2. The number of unbranched alkanes of at least 4 members (excludes halogenated alkanes) is 3. The molecule has 3 heteroatoms. The number of hydrogen-bond acceptors (Lipinski definition) is 3. The van der Waals surface area contributed by atoms with Crippen LogP contribution in [0, 0.1) is 0 Å². The van der Waals surface area contributed by atoms with Gasteiger partial charge in [0, 0.05) is 6.92 Å². The van der Waals surface area contributed by atoms with E-state index < -0.39 is 0 Å². The van der Waals surface area contributed by atoms with E-state index in [1.165, 1.54) is 26.2 Å². The molecular formula is C13H24O3. The van der Waals surface area contributed by atoms with E-state index in [0.29, 0.717) is 0 Å². The highest BCUT2D eigenvalue weighted by molar-refractivity contribution is 5.66. The molecule has 0 bridgehead atoms. The zero-order chi connectivity index (χ0) is 12.2. The molecule has 1 fully saturated rings. The average molecular weight is 228 g/mol. The highest BCUT2D eigenvalue weighted by atomic mass is 16.6. The van der Waals surface area contributed by atoms with Crippen LogP contribution in [0.3, 0.4) is 0 Å². The Kier molecular flexibility index (Phi) is 4.78. The molecule has 0 amide bonds. The van der Waals surface area contributed by atoms with Crippen molar-refractivity contribution in [1.29, 1.82) is 0 Å². The topological polar surface area (TPSA) is 38.8 Å². The number of carbonyl (C=O) groups excluding carboxylic acids is 1. The van der Waals surface area contributed by atoms with Gasteiger partial charge in [-0.2, -0.15) is 0 Å². The van der Waals surface area contributed by atoms with Gasteiger partial charge in [0.2, 0.25) is 0 Å². The first kappa shape index (κ1) is 13.5. The van der Waals surface area contributed by atoms with E-state index in [1.807, 2.05) is 13.8 Å². The van der Waals surface area contributed by atoms with Crippen LogP contribution in [0.15, 0.2) is 0 Å². The smallest absolute Gasteiger partial charge is 0.302 e. The molecule has 0 aromatic heterocycles. The normalized spacial score (nSPS) is 23.9. The maximum absolute atomic E-state index is 11.0. The fourth-order valence-electron chi connectivity index (χ4n) is 2.07. The lowest BCUT2D eigenvalue weighted by molar-refractivity contribution is -0.147. The van der Waals surface area contributed by atoms with Crippen LogP contribution in [0.2, 0.25) is 0 Å². The molecule has 1 aliphatic heterocycles. The van der Waals surface area contributed by atoms with Gasteiger partial charge in [-0.1, -0.05) is 26.2 Å². The van der Waals surface area contributed by atoms with Crippen LogP contribution >= 0.6 is 0 Å². The summed E-state index contributed by atoms with van der Waals surface area (Å²) in [6.07, 6.45) is 5.77. The van der Waals surface area contributed by atoms with Crippen LogP contribution < -0.4 is 0 Å². The first-order chi connectivity index (χ1) is 7.47. The fraction of sp³-hybridized carbons (Fsp3) is 0.923. The molecule has 1 heterocycles. The van der Waals surface area contributed by atoms with Crippen molar-refractivity contribution >= 4 is 5.97 Å². The van der Waals surface area contributed by atoms with Crippen molar-refractivity contribution in [2.45, 2.75) is 77.6 Å². The molecule has 94 valence electrons. The number of epoxide rings is 1. The quantitative estimate of drug-likeness (QED) is 0.382. The molecule has 16 heavy (non-hydrogen) atoms. The lowest BCUT2D eigenvalue weighted by Crippen LogP contribution is -2.26. The Labute approximate surface area is 98.5 Å². The molecular weight excluding hydrogens is 204 g/mol. The SMILES string of the molecule is CCCCCC[C@@H](OC(C)=O)[C@@H]1OC1(C)C. The summed E-state index contributed by atoms with van der Waals surface area (Å²) in [4.78, 5) is 11.0. The maximum Gasteiger partial charge on any atom is 0.302 e. The molecule has 0 N–H and O–H groups in total. The second-order valence-electron chi connectivity index (χ2n) is 5.14. The molecule has 0 radical (unpaired) electrons. The zero-order valence-electron chi connectivity index (χ0n) is 10.9. The van der Waals surface area contributed by atoms with E-state index in [1.54, 1.807) is 0 Å². The molecule has 2 atom stereocenters.